The number of hydrogen-bond acceptors (Lipinski definition) is 2. The predicted octanol–water partition coefficient (Wildman–Crippen LogP) is 4.29. The molecule has 20 heavy (non-hydrogen) atoms. The van der Waals surface area contributed by atoms with E-state index in [4.69, 9.17) is 0 Å². The Morgan fingerprint density at radius 2 is 1.75 bits per heavy atom. The van der Waals surface area contributed by atoms with E-state index in [1.54, 1.807) is 6.92 Å². The van der Waals surface area contributed by atoms with Crippen molar-refractivity contribution in [2.24, 2.45) is 5.92 Å². The van der Waals surface area contributed by atoms with Gasteiger partial charge in [-0.25, -0.2) is 0 Å². The van der Waals surface area contributed by atoms with E-state index in [0.717, 1.165) is 21.8 Å². The predicted molar refractivity (Wildman–Crippen MR) is 104 cm³/mol. The lowest BCUT2D eigenvalue weighted by atomic mass is 9.95. The van der Waals surface area contributed by atoms with Crippen LogP contribution in [0.1, 0.15) is 31.4 Å². The summed E-state index contributed by atoms with van der Waals surface area (Å²) in [6.07, 6.45) is 1.53. The van der Waals surface area contributed by atoms with E-state index in [0.29, 0.717) is 19.3 Å². The largest absolute Gasteiger partial charge is 0.481 e. The summed E-state index contributed by atoms with van der Waals surface area (Å²) in [5.41, 5.74) is 2.08. The van der Waals surface area contributed by atoms with Gasteiger partial charge in [0.25, 0.3) is 0 Å². The minimum atomic E-state index is -0.759. The fourth-order valence-electron chi connectivity index (χ4n) is 1.93. The molecule has 0 heterocycles. The highest BCUT2D eigenvalue weighted by atomic mass is 127. The van der Waals surface area contributed by atoms with E-state index in [2.05, 4.69) is 67.8 Å². The standard InChI is InChI=1S/C14H15I3O3/c1-3-8(14(19)20)5-10-12(16)6-11(15)9(13(10)17)4-7(2)18/h6,8H,3-5H2,1-2H3,(H,19,20). The quantitative estimate of drug-likeness (QED) is 0.489. The lowest BCUT2D eigenvalue weighted by molar-refractivity contribution is -0.141. The Bertz CT molecular complexity index is 541. The first-order valence-corrected chi connectivity index (χ1v) is 9.39. The van der Waals surface area contributed by atoms with Gasteiger partial charge in [-0.05, 0) is 105 Å². The molecule has 3 nitrogen and oxygen atoms in total. The van der Waals surface area contributed by atoms with Crippen LogP contribution in [-0.4, -0.2) is 16.9 Å². The van der Waals surface area contributed by atoms with Crippen molar-refractivity contribution >= 4 is 79.5 Å². The van der Waals surface area contributed by atoms with Crippen LogP contribution in [0, 0.1) is 16.6 Å². The third kappa shape index (κ3) is 4.79. The minimum Gasteiger partial charge on any atom is -0.481 e. The third-order valence-corrected chi connectivity index (χ3v) is 6.31. The smallest absolute Gasteiger partial charge is 0.306 e. The van der Waals surface area contributed by atoms with Crippen molar-refractivity contribution in [3.63, 3.8) is 0 Å². The van der Waals surface area contributed by atoms with Gasteiger partial charge >= 0.3 is 5.97 Å². The second-order valence-electron chi connectivity index (χ2n) is 4.64. The zero-order valence-electron chi connectivity index (χ0n) is 11.2. The first-order valence-electron chi connectivity index (χ1n) is 6.15. The average Bonchev–Trinajstić information content (AvgIpc) is 2.33. The summed E-state index contributed by atoms with van der Waals surface area (Å²) in [5.74, 6) is -1.01. The molecule has 0 saturated heterocycles. The molecule has 0 aliphatic heterocycles. The zero-order chi connectivity index (χ0) is 15.4. The van der Waals surface area contributed by atoms with Gasteiger partial charge in [0.1, 0.15) is 5.78 Å². The van der Waals surface area contributed by atoms with E-state index >= 15 is 0 Å². The van der Waals surface area contributed by atoms with Crippen LogP contribution in [0.5, 0.6) is 0 Å². The van der Waals surface area contributed by atoms with Gasteiger partial charge in [-0.15, -0.1) is 0 Å². The molecule has 1 atom stereocenters. The Hall–Kier alpha value is 0.550. The van der Waals surface area contributed by atoms with Crippen LogP contribution in [0.3, 0.4) is 0 Å². The molecule has 1 aromatic rings. The molecule has 6 heteroatoms. The van der Waals surface area contributed by atoms with Gasteiger partial charge < -0.3 is 5.11 Å². The van der Waals surface area contributed by atoms with Crippen molar-refractivity contribution in [3.05, 3.63) is 27.9 Å². The molecule has 0 aliphatic carbocycles. The van der Waals surface area contributed by atoms with Gasteiger partial charge in [-0.3, -0.25) is 9.59 Å². The molecule has 0 aliphatic rings. The molecular formula is C14H15I3O3. The summed E-state index contributed by atoms with van der Waals surface area (Å²) in [7, 11) is 0. The summed E-state index contributed by atoms with van der Waals surface area (Å²) in [6.45, 7) is 3.47. The molecule has 0 saturated carbocycles. The molecule has 1 N–H and O–H groups in total. The Kier molecular flexibility index (Phi) is 7.67. The Morgan fingerprint density at radius 1 is 1.20 bits per heavy atom. The Morgan fingerprint density at radius 3 is 2.20 bits per heavy atom. The van der Waals surface area contributed by atoms with E-state index in [9.17, 15) is 14.7 Å². The fourth-order valence-corrected chi connectivity index (χ4v) is 6.12. The molecule has 1 unspecified atom stereocenters. The lowest BCUT2D eigenvalue weighted by Crippen LogP contribution is -2.18. The summed E-state index contributed by atoms with van der Waals surface area (Å²) in [4.78, 5) is 22.6. The summed E-state index contributed by atoms with van der Waals surface area (Å²) >= 11 is 6.73. The van der Waals surface area contributed by atoms with Crippen LogP contribution in [-0.2, 0) is 22.4 Å². The van der Waals surface area contributed by atoms with Crippen molar-refractivity contribution in [3.8, 4) is 0 Å². The van der Waals surface area contributed by atoms with Gasteiger partial charge in [0, 0.05) is 17.1 Å². The SMILES string of the molecule is CCC(Cc1c(I)cc(I)c(CC(C)=O)c1I)C(=O)O. The Labute approximate surface area is 159 Å². The van der Waals surface area contributed by atoms with Crippen molar-refractivity contribution in [2.75, 3.05) is 0 Å². The maximum absolute atomic E-state index is 11.4. The fraction of sp³-hybridized carbons (Fsp3) is 0.429. The lowest BCUT2D eigenvalue weighted by Gasteiger charge is -2.17. The molecule has 1 rings (SSSR count). The molecule has 1 aromatic carbocycles. The highest BCUT2D eigenvalue weighted by molar-refractivity contribution is 14.1. The van der Waals surface area contributed by atoms with Crippen LogP contribution in [0.4, 0.5) is 0 Å². The van der Waals surface area contributed by atoms with Gasteiger partial charge in [0.15, 0.2) is 0 Å². The highest BCUT2D eigenvalue weighted by Gasteiger charge is 2.21. The number of aliphatic carboxylic acids is 1. The first kappa shape index (κ1) is 18.6. The number of Topliss-reactive ketones (excluding diaryl/α,β-unsaturated/α-hetero) is 1. The molecule has 0 spiro atoms. The van der Waals surface area contributed by atoms with Crippen molar-refractivity contribution < 1.29 is 14.7 Å². The third-order valence-electron chi connectivity index (χ3n) is 3.08. The van der Waals surface area contributed by atoms with E-state index < -0.39 is 5.97 Å². The molecular weight excluding hydrogens is 597 g/mol. The first-order chi connectivity index (χ1) is 9.27. The maximum atomic E-state index is 11.4. The van der Waals surface area contributed by atoms with Gasteiger partial charge in [0.05, 0.1) is 5.92 Å². The second-order valence-corrected chi connectivity index (χ2v) is 8.04. The number of rotatable bonds is 6. The molecule has 0 radical (unpaired) electrons. The van der Waals surface area contributed by atoms with E-state index in [-0.39, 0.29) is 11.7 Å². The van der Waals surface area contributed by atoms with Gasteiger partial charge in [-0.1, -0.05) is 6.92 Å². The molecule has 0 aromatic heterocycles. The monoisotopic (exact) mass is 612 g/mol. The molecule has 0 amide bonds. The maximum Gasteiger partial charge on any atom is 0.306 e. The van der Waals surface area contributed by atoms with Crippen molar-refractivity contribution in [1.82, 2.24) is 0 Å². The van der Waals surface area contributed by atoms with Gasteiger partial charge in [0.2, 0.25) is 0 Å². The number of hydrogen-bond donors (Lipinski definition) is 1. The molecule has 110 valence electrons. The van der Waals surface area contributed by atoms with Crippen LogP contribution in [0.2, 0.25) is 0 Å². The minimum absolute atomic E-state index is 0.123. The number of carbonyl (C=O) groups is 2. The van der Waals surface area contributed by atoms with E-state index in [1.165, 1.54) is 0 Å². The van der Waals surface area contributed by atoms with Crippen molar-refractivity contribution in [2.45, 2.75) is 33.1 Å². The van der Waals surface area contributed by atoms with Gasteiger partial charge in [-0.2, -0.15) is 0 Å². The summed E-state index contributed by atoms with van der Waals surface area (Å²) < 4.78 is 3.18. The summed E-state index contributed by atoms with van der Waals surface area (Å²) in [5, 5.41) is 9.23. The number of carboxylic acid groups (broad SMARTS) is 1. The number of benzene rings is 1. The zero-order valence-corrected chi connectivity index (χ0v) is 17.6. The summed E-state index contributed by atoms with van der Waals surface area (Å²) in [6, 6.07) is 2.03. The van der Waals surface area contributed by atoms with Crippen LogP contribution < -0.4 is 0 Å². The number of ketones is 1. The van der Waals surface area contributed by atoms with Crippen LogP contribution in [0.15, 0.2) is 6.07 Å². The Balaban J connectivity index is 3.25. The second kappa shape index (κ2) is 8.25. The van der Waals surface area contributed by atoms with Crippen molar-refractivity contribution in [1.29, 1.82) is 0 Å². The molecule has 0 bridgehead atoms. The molecule has 0 fully saturated rings. The van der Waals surface area contributed by atoms with Crippen LogP contribution in [0.25, 0.3) is 0 Å². The average molecular weight is 612 g/mol. The van der Waals surface area contributed by atoms with Crippen LogP contribution >= 0.6 is 67.8 Å². The number of halogens is 3. The van der Waals surface area contributed by atoms with E-state index in [1.807, 2.05) is 13.0 Å². The number of carboxylic acids is 1. The normalized spacial score (nSPS) is 12.2. The number of carbonyl (C=O) groups excluding carboxylic acids is 1. The highest BCUT2D eigenvalue weighted by Crippen LogP contribution is 2.30. The topological polar surface area (TPSA) is 54.4 Å².